The van der Waals surface area contributed by atoms with Crippen molar-refractivity contribution in [3.05, 3.63) is 22.7 Å². The van der Waals surface area contributed by atoms with Gasteiger partial charge in [-0.2, -0.15) is 21.8 Å². The maximum Gasteiger partial charge on any atom is 0.490 e. The molecule has 1 saturated heterocycles. The highest BCUT2D eigenvalue weighted by atomic mass is 32.1. The van der Waals surface area contributed by atoms with Crippen LogP contribution in [0.15, 0.2) is 12.3 Å². The number of nitrogens with zero attached hydrogens (tertiary/aromatic N) is 2. The SMILES string of the molecule is Cc1ccn([C@@H]2O[C@H](COP(=O)(O)OP(=O)(O)OP(=O)(O)O)C[C@]2(F)C(F)(F)F)c(=S)n1. The Balaban J connectivity index is 2.20. The van der Waals surface area contributed by atoms with Gasteiger partial charge in [-0.25, -0.2) is 23.1 Å². The zero-order chi connectivity index (χ0) is 24.8. The third-order valence-corrected chi connectivity index (χ3v) is 7.87. The number of aryl methyl sites for hydroxylation is 1. The number of phosphoric ester groups is 1. The second kappa shape index (κ2) is 9.21. The molecule has 1 aromatic rings. The molecule has 0 aliphatic carbocycles. The van der Waals surface area contributed by atoms with Gasteiger partial charge in [0, 0.05) is 18.3 Å². The van der Waals surface area contributed by atoms with E-state index in [0.29, 0.717) is 10.3 Å². The van der Waals surface area contributed by atoms with Crippen molar-refractivity contribution >= 4 is 35.7 Å². The molecule has 21 heteroatoms. The van der Waals surface area contributed by atoms with Crippen LogP contribution in [0.1, 0.15) is 18.3 Å². The molecule has 32 heavy (non-hydrogen) atoms. The standard InChI is InChI=1S/C11H15F4N2O11P3S/c1-6-2-3-17(9(32)16-6)8-10(12,11(13,14)15)4-7(26-8)5-25-30(21,22)28-31(23,24)27-29(18,19)20/h2-3,7-8H,4-5H2,1H3,(H,21,22)(H,23,24)(H2,18,19,20)/t7-,8+,10+/m0/s1. The first kappa shape index (κ1) is 27.6. The minimum absolute atomic E-state index is 0.324. The summed E-state index contributed by atoms with van der Waals surface area (Å²) in [5.41, 5.74) is -3.71. The van der Waals surface area contributed by atoms with Crippen LogP contribution in [0.25, 0.3) is 0 Å². The van der Waals surface area contributed by atoms with Gasteiger partial charge in [0.05, 0.1) is 12.7 Å². The van der Waals surface area contributed by atoms with Gasteiger partial charge >= 0.3 is 29.6 Å². The van der Waals surface area contributed by atoms with Crippen LogP contribution >= 0.6 is 35.7 Å². The van der Waals surface area contributed by atoms with Crippen molar-refractivity contribution < 1.29 is 68.7 Å². The normalized spacial score (nSPS) is 28.3. The molecule has 13 nitrogen and oxygen atoms in total. The minimum Gasteiger partial charge on any atom is -0.348 e. The van der Waals surface area contributed by atoms with Gasteiger partial charge in [0.1, 0.15) is 0 Å². The van der Waals surface area contributed by atoms with Crippen LogP contribution in [0.5, 0.6) is 0 Å². The molecule has 0 radical (unpaired) electrons. The highest BCUT2D eigenvalue weighted by Gasteiger charge is 2.67. The molecule has 2 unspecified atom stereocenters. The van der Waals surface area contributed by atoms with E-state index in [1.165, 1.54) is 13.0 Å². The Labute approximate surface area is 181 Å². The van der Waals surface area contributed by atoms with Gasteiger partial charge in [-0.05, 0) is 25.2 Å². The van der Waals surface area contributed by atoms with Gasteiger partial charge in [-0.3, -0.25) is 9.09 Å². The number of ether oxygens (including phenoxy) is 1. The molecule has 0 bridgehead atoms. The van der Waals surface area contributed by atoms with Crippen molar-refractivity contribution in [3.63, 3.8) is 0 Å². The lowest BCUT2D eigenvalue weighted by Crippen LogP contribution is -2.45. The van der Waals surface area contributed by atoms with Crippen LogP contribution in [0.3, 0.4) is 0 Å². The summed E-state index contributed by atoms with van der Waals surface area (Å²) in [7, 11) is -17.1. The van der Waals surface area contributed by atoms with Crippen LogP contribution < -0.4 is 0 Å². The summed E-state index contributed by atoms with van der Waals surface area (Å²) in [6.45, 7) is 0.210. The molecule has 2 rings (SSSR count). The quantitative estimate of drug-likeness (QED) is 0.210. The van der Waals surface area contributed by atoms with Gasteiger partial charge in [-0.15, -0.1) is 0 Å². The smallest absolute Gasteiger partial charge is 0.348 e. The van der Waals surface area contributed by atoms with E-state index in [1.807, 2.05) is 0 Å². The molecule has 0 amide bonds. The molecule has 184 valence electrons. The summed E-state index contributed by atoms with van der Waals surface area (Å²) in [6.07, 6.45) is -10.2. The van der Waals surface area contributed by atoms with Crippen LogP contribution in [0.2, 0.25) is 0 Å². The number of alkyl halides is 4. The topological polar surface area (TPSA) is 187 Å². The summed E-state index contributed by atoms with van der Waals surface area (Å²) >= 11 is 4.83. The van der Waals surface area contributed by atoms with Crippen molar-refractivity contribution in [2.75, 3.05) is 6.61 Å². The van der Waals surface area contributed by atoms with E-state index in [4.69, 9.17) is 31.6 Å². The van der Waals surface area contributed by atoms with Crippen LogP contribution in [-0.4, -0.2) is 53.7 Å². The van der Waals surface area contributed by atoms with Crippen molar-refractivity contribution in [2.45, 2.75) is 37.5 Å². The van der Waals surface area contributed by atoms with E-state index in [-0.39, 0.29) is 0 Å². The van der Waals surface area contributed by atoms with Gasteiger partial charge in [0.15, 0.2) is 6.23 Å². The number of hydrogen-bond donors (Lipinski definition) is 4. The molecular weight excluding hydrogens is 537 g/mol. The Morgan fingerprint density at radius 3 is 2.34 bits per heavy atom. The number of halogens is 4. The lowest BCUT2D eigenvalue weighted by atomic mass is 9.99. The Hall–Kier alpha value is -0.610. The average molecular weight is 552 g/mol. The fourth-order valence-corrected chi connectivity index (χ4v) is 5.92. The Bertz CT molecular complexity index is 1060. The van der Waals surface area contributed by atoms with E-state index in [9.17, 15) is 31.8 Å². The van der Waals surface area contributed by atoms with Crippen molar-refractivity contribution in [3.8, 4) is 0 Å². The third-order valence-electron chi connectivity index (χ3n) is 3.77. The maximum atomic E-state index is 15.0. The molecule has 5 atom stereocenters. The van der Waals surface area contributed by atoms with Crippen LogP contribution in [0.4, 0.5) is 17.6 Å². The highest BCUT2D eigenvalue weighted by molar-refractivity contribution is 7.71. The molecular formula is C11H15F4N2O11P3S. The van der Waals surface area contributed by atoms with Crippen molar-refractivity contribution in [2.24, 2.45) is 0 Å². The lowest BCUT2D eigenvalue weighted by molar-refractivity contribution is -0.256. The monoisotopic (exact) mass is 552 g/mol. The van der Waals surface area contributed by atoms with E-state index in [1.54, 1.807) is 0 Å². The van der Waals surface area contributed by atoms with E-state index in [0.717, 1.165) is 6.20 Å². The predicted octanol–water partition coefficient (Wildman–Crippen LogP) is 2.82. The first-order valence-corrected chi connectivity index (χ1v) is 12.9. The zero-order valence-electron chi connectivity index (χ0n) is 15.5. The Kier molecular flexibility index (Phi) is 7.95. The molecule has 0 saturated carbocycles. The molecule has 4 N–H and O–H groups in total. The zero-order valence-corrected chi connectivity index (χ0v) is 19.0. The van der Waals surface area contributed by atoms with Crippen LogP contribution in [-0.2, 0) is 31.6 Å². The van der Waals surface area contributed by atoms with E-state index >= 15 is 4.39 Å². The summed E-state index contributed by atoms with van der Waals surface area (Å²) < 4.78 is 105. The fraction of sp³-hybridized carbons (Fsp3) is 0.636. The van der Waals surface area contributed by atoms with Crippen molar-refractivity contribution in [1.29, 1.82) is 0 Å². The molecule has 0 aromatic carbocycles. The summed E-state index contributed by atoms with van der Waals surface area (Å²) in [5.74, 6) is 0. The number of phosphoric acid groups is 3. The number of rotatable bonds is 8. The first-order valence-electron chi connectivity index (χ1n) is 8.00. The molecule has 1 aliphatic heterocycles. The molecule has 2 heterocycles. The average Bonchev–Trinajstić information content (AvgIpc) is 2.87. The summed E-state index contributed by atoms with van der Waals surface area (Å²) in [5, 5.41) is 0. The minimum atomic E-state index is -5.84. The lowest BCUT2D eigenvalue weighted by Gasteiger charge is -2.29. The highest BCUT2D eigenvalue weighted by Crippen LogP contribution is 2.66. The number of aromatic nitrogens is 2. The summed E-state index contributed by atoms with van der Waals surface area (Å²) in [4.78, 5) is 39.1. The molecule has 1 aliphatic rings. The molecule has 1 aromatic heterocycles. The largest absolute Gasteiger partial charge is 0.490 e. The Morgan fingerprint density at radius 1 is 1.25 bits per heavy atom. The Morgan fingerprint density at radius 2 is 1.84 bits per heavy atom. The fourth-order valence-electron chi connectivity index (χ4n) is 2.57. The third kappa shape index (κ3) is 6.95. The molecule has 1 fully saturated rings. The van der Waals surface area contributed by atoms with E-state index in [2.05, 4.69) is 18.1 Å². The van der Waals surface area contributed by atoms with E-state index < -0.39 is 65.4 Å². The first-order chi connectivity index (χ1) is 14.2. The van der Waals surface area contributed by atoms with Crippen molar-refractivity contribution in [1.82, 2.24) is 9.55 Å². The maximum absolute atomic E-state index is 15.0. The van der Waals surface area contributed by atoms with Gasteiger partial charge in [0.2, 0.25) is 4.77 Å². The number of hydrogen-bond acceptors (Lipinski definition) is 9. The van der Waals surface area contributed by atoms with Crippen LogP contribution in [0, 0.1) is 11.7 Å². The second-order valence-corrected chi connectivity index (χ2v) is 11.1. The second-order valence-electron chi connectivity index (χ2n) is 6.32. The summed E-state index contributed by atoms with van der Waals surface area (Å²) in [6, 6.07) is 1.23. The van der Waals surface area contributed by atoms with Gasteiger partial charge in [-0.1, -0.05) is 0 Å². The van der Waals surface area contributed by atoms with Gasteiger partial charge < -0.3 is 24.3 Å². The predicted molar refractivity (Wildman–Crippen MR) is 96.0 cm³/mol. The van der Waals surface area contributed by atoms with Gasteiger partial charge in [0.25, 0.3) is 5.67 Å². The molecule has 0 spiro atoms.